The van der Waals surface area contributed by atoms with Crippen LogP contribution in [0.5, 0.6) is 0 Å². The van der Waals surface area contributed by atoms with Crippen LogP contribution in [0, 0.1) is 5.82 Å². The van der Waals surface area contributed by atoms with Crippen LogP contribution in [0.4, 0.5) is 4.39 Å². The van der Waals surface area contributed by atoms with Gasteiger partial charge in [0.1, 0.15) is 5.82 Å². The van der Waals surface area contributed by atoms with Gasteiger partial charge in [-0.25, -0.2) is 4.39 Å². The lowest BCUT2D eigenvalue weighted by molar-refractivity contribution is 0.531. The second kappa shape index (κ2) is 7.34. The number of hydrogen-bond donors (Lipinski definition) is 1. The minimum atomic E-state index is -0.142. The minimum absolute atomic E-state index is 0.142. The number of hydrogen-bond acceptors (Lipinski definition) is 2. The summed E-state index contributed by atoms with van der Waals surface area (Å²) >= 11 is 5.06. The molecule has 0 radical (unpaired) electrons. The Kier molecular flexibility index (Phi) is 5.75. The molecular formula is C16H19BrFNS. The first-order chi connectivity index (χ1) is 9.65. The normalized spacial score (nSPS) is 12.6. The van der Waals surface area contributed by atoms with E-state index >= 15 is 0 Å². The predicted octanol–water partition coefficient (Wildman–Crippen LogP) is 5.11. The molecule has 2 rings (SSSR count). The predicted molar refractivity (Wildman–Crippen MR) is 87.9 cm³/mol. The van der Waals surface area contributed by atoms with Crippen molar-refractivity contribution in [3.63, 3.8) is 0 Å². The molecule has 1 unspecified atom stereocenters. The zero-order valence-electron chi connectivity index (χ0n) is 11.7. The summed E-state index contributed by atoms with van der Waals surface area (Å²) in [5.74, 6) is -0.142. The molecule has 0 amide bonds. The lowest BCUT2D eigenvalue weighted by Gasteiger charge is -2.19. The molecule has 0 saturated heterocycles. The standard InChI is InChI=1S/C16H19BrFNS/c1-3-11-7-8-20-16(11)15(19-4-2)9-12-5-6-13(17)10-14(12)18/h5-8,10,15,19H,3-4,9H2,1-2H3. The first kappa shape index (κ1) is 15.7. The second-order valence-corrected chi connectivity index (χ2v) is 6.58. The van der Waals surface area contributed by atoms with Crippen LogP contribution < -0.4 is 5.32 Å². The van der Waals surface area contributed by atoms with Crippen LogP contribution in [-0.4, -0.2) is 6.54 Å². The zero-order valence-corrected chi connectivity index (χ0v) is 14.2. The van der Waals surface area contributed by atoms with Gasteiger partial charge in [0.15, 0.2) is 0 Å². The highest BCUT2D eigenvalue weighted by Gasteiger charge is 2.17. The third kappa shape index (κ3) is 3.68. The van der Waals surface area contributed by atoms with E-state index in [1.54, 1.807) is 11.3 Å². The molecule has 4 heteroatoms. The number of benzene rings is 1. The topological polar surface area (TPSA) is 12.0 Å². The number of halogens is 2. The first-order valence-electron chi connectivity index (χ1n) is 6.89. The average molecular weight is 356 g/mol. The van der Waals surface area contributed by atoms with Crippen LogP contribution in [-0.2, 0) is 12.8 Å². The molecular weight excluding hydrogens is 337 g/mol. The maximum atomic E-state index is 14.0. The number of nitrogens with one attached hydrogen (secondary N) is 1. The largest absolute Gasteiger partial charge is 0.309 e. The number of likely N-dealkylation sites (N-methyl/N-ethyl adjacent to an activating group) is 1. The fourth-order valence-corrected chi connectivity index (χ4v) is 3.76. The SMILES string of the molecule is CCNC(Cc1ccc(Br)cc1F)c1sccc1CC. The quantitative estimate of drug-likeness (QED) is 0.759. The Morgan fingerprint density at radius 1 is 1.25 bits per heavy atom. The van der Waals surface area contributed by atoms with E-state index in [0.717, 1.165) is 23.0 Å². The van der Waals surface area contributed by atoms with Crippen LogP contribution in [0.15, 0.2) is 34.1 Å². The maximum absolute atomic E-state index is 14.0. The minimum Gasteiger partial charge on any atom is -0.309 e. The Bertz CT molecular complexity index is 567. The van der Waals surface area contributed by atoms with Gasteiger partial charge in [0, 0.05) is 15.4 Å². The van der Waals surface area contributed by atoms with Gasteiger partial charge in [-0.15, -0.1) is 11.3 Å². The van der Waals surface area contributed by atoms with Crippen molar-refractivity contribution >= 4 is 27.3 Å². The number of aryl methyl sites for hydroxylation is 1. The summed E-state index contributed by atoms with van der Waals surface area (Å²) in [5, 5.41) is 5.60. The third-order valence-electron chi connectivity index (χ3n) is 3.37. The van der Waals surface area contributed by atoms with Gasteiger partial charge < -0.3 is 5.32 Å². The molecule has 0 aliphatic rings. The summed E-state index contributed by atoms with van der Waals surface area (Å²) in [5.41, 5.74) is 2.12. The van der Waals surface area contributed by atoms with E-state index < -0.39 is 0 Å². The lowest BCUT2D eigenvalue weighted by atomic mass is 10.0. The molecule has 2 aromatic rings. The Hall–Kier alpha value is -0.710. The molecule has 1 nitrogen and oxygen atoms in total. The third-order valence-corrected chi connectivity index (χ3v) is 4.93. The van der Waals surface area contributed by atoms with E-state index in [1.165, 1.54) is 16.5 Å². The van der Waals surface area contributed by atoms with E-state index in [2.05, 4.69) is 46.5 Å². The van der Waals surface area contributed by atoms with Gasteiger partial charge in [-0.3, -0.25) is 0 Å². The molecule has 0 bridgehead atoms. The summed E-state index contributed by atoms with van der Waals surface area (Å²) in [6.07, 6.45) is 1.70. The second-order valence-electron chi connectivity index (χ2n) is 4.71. The molecule has 20 heavy (non-hydrogen) atoms. The van der Waals surface area contributed by atoms with Crippen molar-refractivity contribution < 1.29 is 4.39 Å². The van der Waals surface area contributed by atoms with Crippen molar-refractivity contribution in [2.75, 3.05) is 6.54 Å². The molecule has 0 aliphatic carbocycles. The van der Waals surface area contributed by atoms with Gasteiger partial charge in [0.25, 0.3) is 0 Å². The lowest BCUT2D eigenvalue weighted by Crippen LogP contribution is -2.23. The molecule has 0 spiro atoms. The molecule has 1 aromatic carbocycles. The van der Waals surface area contributed by atoms with Gasteiger partial charge in [0.05, 0.1) is 0 Å². The Labute approximate surface area is 132 Å². The van der Waals surface area contributed by atoms with Crippen molar-refractivity contribution in [2.45, 2.75) is 32.7 Å². The zero-order chi connectivity index (χ0) is 14.5. The summed E-state index contributed by atoms with van der Waals surface area (Å²) < 4.78 is 14.8. The summed E-state index contributed by atoms with van der Waals surface area (Å²) in [7, 11) is 0. The highest BCUT2D eigenvalue weighted by atomic mass is 79.9. The van der Waals surface area contributed by atoms with Gasteiger partial charge in [-0.1, -0.05) is 35.8 Å². The van der Waals surface area contributed by atoms with Crippen LogP contribution in [0.2, 0.25) is 0 Å². The van der Waals surface area contributed by atoms with E-state index in [9.17, 15) is 4.39 Å². The molecule has 108 valence electrons. The van der Waals surface area contributed by atoms with Gasteiger partial charge in [0.2, 0.25) is 0 Å². The summed E-state index contributed by atoms with van der Waals surface area (Å²) in [6, 6.07) is 7.65. The average Bonchev–Trinajstić information content (AvgIpc) is 2.89. The van der Waals surface area contributed by atoms with Crippen molar-refractivity contribution in [1.29, 1.82) is 0 Å². The fraction of sp³-hybridized carbons (Fsp3) is 0.375. The van der Waals surface area contributed by atoms with Crippen molar-refractivity contribution in [3.8, 4) is 0 Å². The monoisotopic (exact) mass is 355 g/mol. The van der Waals surface area contributed by atoms with Gasteiger partial charge in [-0.2, -0.15) is 0 Å². The highest BCUT2D eigenvalue weighted by Crippen LogP contribution is 2.29. The van der Waals surface area contributed by atoms with Crippen molar-refractivity contribution in [2.24, 2.45) is 0 Å². The van der Waals surface area contributed by atoms with E-state index in [4.69, 9.17) is 0 Å². The highest BCUT2D eigenvalue weighted by molar-refractivity contribution is 9.10. The molecule has 0 saturated carbocycles. The smallest absolute Gasteiger partial charge is 0.127 e. The van der Waals surface area contributed by atoms with Crippen molar-refractivity contribution in [1.82, 2.24) is 5.32 Å². The van der Waals surface area contributed by atoms with Gasteiger partial charge in [-0.05, 0) is 54.1 Å². The van der Waals surface area contributed by atoms with E-state index in [-0.39, 0.29) is 11.9 Å². The van der Waals surface area contributed by atoms with E-state index in [0.29, 0.717) is 6.42 Å². The summed E-state index contributed by atoms with van der Waals surface area (Å²) in [6.45, 7) is 5.13. The Morgan fingerprint density at radius 2 is 2.05 bits per heavy atom. The first-order valence-corrected chi connectivity index (χ1v) is 8.56. The number of thiophene rings is 1. The fourth-order valence-electron chi connectivity index (χ4n) is 2.36. The molecule has 1 heterocycles. The van der Waals surface area contributed by atoms with Crippen LogP contribution in [0.3, 0.4) is 0 Å². The van der Waals surface area contributed by atoms with Crippen LogP contribution in [0.1, 0.15) is 35.9 Å². The maximum Gasteiger partial charge on any atom is 0.127 e. The summed E-state index contributed by atoms with van der Waals surface area (Å²) in [4.78, 5) is 1.33. The molecule has 1 atom stereocenters. The van der Waals surface area contributed by atoms with Gasteiger partial charge >= 0.3 is 0 Å². The molecule has 0 fully saturated rings. The van der Waals surface area contributed by atoms with Crippen molar-refractivity contribution in [3.05, 3.63) is 55.9 Å². The molecule has 1 N–H and O–H groups in total. The Balaban J connectivity index is 2.25. The molecule has 1 aromatic heterocycles. The van der Waals surface area contributed by atoms with Crippen LogP contribution in [0.25, 0.3) is 0 Å². The Morgan fingerprint density at radius 3 is 2.70 bits per heavy atom. The molecule has 0 aliphatic heterocycles. The number of rotatable bonds is 6. The van der Waals surface area contributed by atoms with Crippen LogP contribution >= 0.6 is 27.3 Å². The van der Waals surface area contributed by atoms with E-state index in [1.807, 2.05) is 12.1 Å².